The molecule has 2 N–H and O–H groups in total. The largest absolute Gasteiger partial charge is 0.352 e. The van der Waals surface area contributed by atoms with E-state index in [0.717, 1.165) is 12.1 Å². The van der Waals surface area contributed by atoms with Gasteiger partial charge in [0.1, 0.15) is 17.5 Å². The van der Waals surface area contributed by atoms with E-state index in [2.05, 4.69) is 10.6 Å². The minimum atomic E-state index is -0.975. The molecule has 0 aliphatic rings. The van der Waals surface area contributed by atoms with E-state index in [1.807, 2.05) is 0 Å². The second-order valence-electron chi connectivity index (χ2n) is 5.00. The number of benzene rings is 2. The first-order valence-electron chi connectivity index (χ1n) is 7.20. The van der Waals surface area contributed by atoms with Gasteiger partial charge in [0.2, 0.25) is 5.91 Å². The maximum atomic E-state index is 13.4. The number of hydrogen-bond acceptors (Lipinski definition) is 2. The van der Waals surface area contributed by atoms with Crippen LogP contribution in [-0.4, -0.2) is 18.4 Å². The molecule has 0 radical (unpaired) electrons. The maximum Gasteiger partial charge on any atom is 0.254 e. The molecule has 0 saturated heterocycles. The lowest BCUT2D eigenvalue weighted by Gasteiger charge is -2.08. The summed E-state index contributed by atoms with van der Waals surface area (Å²) in [6, 6.07) is 8.65. The molecule has 0 atom stereocenters. The Labute approximate surface area is 136 Å². The highest BCUT2D eigenvalue weighted by Crippen LogP contribution is 2.09. The monoisotopic (exact) mass is 336 g/mol. The Hall–Kier alpha value is -2.83. The number of halogens is 3. The fraction of sp³-hybridized carbons (Fsp3) is 0.176. The Balaban J connectivity index is 1.76. The Morgan fingerprint density at radius 3 is 2.38 bits per heavy atom. The zero-order valence-electron chi connectivity index (χ0n) is 12.6. The van der Waals surface area contributed by atoms with Crippen molar-refractivity contribution < 1.29 is 22.8 Å². The standard InChI is InChI=1S/C17H15F3N2O2/c18-12-5-6-13(15(20)9-12)17(24)21-8-7-16(23)22-10-11-3-1-2-4-14(11)19/h1-6,9H,7-8,10H2,(H,21,24)(H,22,23). The maximum absolute atomic E-state index is 13.4. The number of nitrogens with one attached hydrogen (secondary N) is 2. The van der Waals surface area contributed by atoms with Crippen LogP contribution < -0.4 is 10.6 Å². The van der Waals surface area contributed by atoms with Gasteiger partial charge in [0.15, 0.2) is 0 Å². The molecule has 24 heavy (non-hydrogen) atoms. The van der Waals surface area contributed by atoms with E-state index < -0.39 is 29.3 Å². The summed E-state index contributed by atoms with van der Waals surface area (Å²) in [4.78, 5) is 23.4. The van der Waals surface area contributed by atoms with Gasteiger partial charge in [-0.2, -0.15) is 0 Å². The fourth-order valence-electron chi connectivity index (χ4n) is 1.98. The molecule has 0 aliphatic carbocycles. The van der Waals surface area contributed by atoms with Crippen LogP contribution in [0.4, 0.5) is 13.2 Å². The average Bonchev–Trinajstić information content (AvgIpc) is 2.54. The summed E-state index contributed by atoms with van der Waals surface area (Å²) in [6.45, 7) is 0.00476. The van der Waals surface area contributed by atoms with Gasteiger partial charge >= 0.3 is 0 Å². The summed E-state index contributed by atoms with van der Waals surface area (Å²) in [7, 11) is 0. The Kier molecular flexibility index (Phi) is 5.95. The SMILES string of the molecule is O=C(CCNC(=O)c1ccc(F)cc1F)NCc1ccccc1F. The molecule has 0 aromatic heterocycles. The minimum Gasteiger partial charge on any atom is -0.352 e. The number of rotatable bonds is 6. The van der Waals surface area contributed by atoms with Crippen molar-refractivity contribution in [1.82, 2.24) is 10.6 Å². The number of carbonyl (C=O) groups excluding carboxylic acids is 2. The van der Waals surface area contributed by atoms with E-state index in [4.69, 9.17) is 0 Å². The van der Waals surface area contributed by atoms with E-state index >= 15 is 0 Å². The predicted octanol–water partition coefficient (Wildman–Crippen LogP) is 2.54. The van der Waals surface area contributed by atoms with Crippen molar-refractivity contribution in [2.45, 2.75) is 13.0 Å². The Bertz CT molecular complexity index is 750. The number of carbonyl (C=O) groups is 2. The smallest absolute Gasteiger partial charge is 0.254 e. The van der Waals surface area contributed by atoms with Crippen LogP contribution in [0.15, 0.2) is 42.5 Å². The normalized spacial score (nSPS) is 10.3. The highest BCUT2D eigenvalue weighted by Gasteiger charge is 2.12. The van der Waals surface area contributed by atoms with Crippen LogP contribution in [0.1, 0.15) is 22.3 Å². The van der Waals surface area contributed by atoms with Gasteiger partial charge in [-0.05, 0) is 18.2 Å². The Morgan fingerprint density at radius 1 is 0.917 bits per heavy atom. The van der Waals surface area contributed by atoms with Crippen LogP contribution >= 0.6 is 0 Å². The molecule has 2 rings (SSSR count). The molecule has 4 nitrogen and oxygen atoms in total. The lowest BCUT2D eigenvalue weighted by Crippen LogP contribution is -2.31. The lowest BCUT2D eigenvalue weighted by atomic mass is 10.2. The van der Waals surface area contributed by atoms with Crippen LogP contribution in [-0.2, 0) is 11.3 Å². The molecule has 0 fully saturated rings. The van der Waals surface area contributed by atoms with Gasteiger partial charge < -0.3 is 10.6 Å². The van der Waals surface area contributed by atoms with Gasteiger partial charge in [0.25, 0.3) is 5.91 Å². The first kappa shape index (κ1) is 17.5. The van der Waals surface area contributed by atoms with Gasteiger partial charge in [0.05, 0.1) is 5.56 Å². The van der Waals surface area contributed by atoms with Crippen LogP contribution in [0.25, 0.3) is 0 Å². The molecule has 0 saturated carbocycles. The average molecular weight is 336 g/mol. The quantitative estimate of drug-likeness (QED) is 0.852. The molecule has 2 aromatic rings. The van der Waals surface area contributed by atoms with Gasteiger partial charge in [-0.1, -0.05) is 18.2 Å². The van der Waals surface area contributed by atoms with Crippen LogP contribution in [0.3, 0.4) is 0 Å². The molecule has 0 unspecified atom stereocenters. The van der Waals surface area contributed by atoms with Crippen LogP contribution in [0, 0.1) is 17.5 Å². The minimum absolute atomic E-state index is 0.0290. The highest BCUT2D eigenvalue weighted by atomic mass is 19.1. The molecule has 126 valence electrons. The molecule has 0 spiro atoms. The number of hydrogen-bond donors (Lipinski definition) is 2. The van der Waals surface area contributed by atoms with E-state index in [-0.39, 0.29) is 25.1 Å². The van der Waals surface area contributed by atoms with Crippen molar-refractivity contribution in [3.8, 4) is 0 Å². The van der Waals surface area contributed by atoms with Crippen molar-refractivity contribution in [2.75, 3.05) is 6.54 Å². The molecule has 0 heterocycles. The van der Waals surface area contributed by atoms with Crippen molar-refractivity contribution in [2.24, 2.45) is 0 Å². The van der Waals surface area contributed by atoms with Crippen LogP contribution in [0.2, 0.25) is 0 Å². The topological polar surface area (TPSA) is 58.2 Å². The predicted molar refractivity (Wildman–Crippen MR) is 81.6 cm³/mol. The summed E-state index contributed by atoms with van der Waals surface area (Å²) in [6.07, 6.45) is -0.0526. The third-order valence-corrected chi connectivity index (χ3v) is 3.25. The summed E-state index contributed by atoms with van der Waals surface area (Å²) in [5, 5.41) is 4.88. The van der Waals surface area contributed by atoms with Crippen LogP contribution in [0.5, 0.6) is 0 Å². The molecular formula is C17H15F3N2O2. The second kappa shape index (κ2) is 8.14. The highest BCUT2D eigenvalue weighted by molar-refractivity contribution is 5.94. The number of amides is 2. The third-order valence-electron chi connectivity index (χ3n) is 3.25. The second-order valence-corrected chi connectivity index (χ2v) is 5.00. The summed E-state index contributed by atoms with van der Waals surface area (Å²) < 4.78 is 39.6. The lowest BCUT2D eigenvalue weighted by molar-refractivity contribution is -0.121. The zero-order chi connectivity index (χ0) is 17.5. The zero-order valence-corrected chi connectivity index (χ0v) is 12.6. The van der Waals surface area contributed by atoms with Gasteiger partial charge in [-0.25, -0.2) is 13.2 Å². The van der Waals surface area contributed by atoms with E-state index in [9.17, 15) is 22.8 Å². The molecule has 0 aliphatic heterocycles. The summed E-state index contributed by atoms with van der Waals surface area (Å²) in [5.41, 5.74) is 0.0476. The molecular weight excluding hydrogens is 321 g/mol. The fourth-order valence-corrected chi connectivity index (χ4v) is 1.98. The molecule has 0 bridgehead atoms. The third kappa shape index (κ3) is 4.84. The van der Waals surface area contributed by atoms with Gasteiger partial charge in [0, 0.05) is 31.1 Å². The van der Waals surface area contributed by atoms with E-state index in [1.165, 1.54) is 6.07 Å². The van der Waals surface area contributed by atoms with Crippen molar-refractivity contribution in [3.63, 3.8) is 0 Å². The summed E-state index contributed by atoms with van der Waals surface area (Å²) >= 11 is 0. The molecule has 2 amide bonds. The van der Waals surface area contributed by atoms with E-state index in [1.54, 1.807) is 18.2 Å². The first-order valence-corrected chi connectivity index (χ1v) is 7.20. The molecule has 2 aromatic carbocycles. The van der Waals surface area contributed by atoms with Gasteiger partial charge in [-0.3, -0.25) is 9.59 Å². The molecule has 7 heteroatoms. The van der Waals surface area contributed by atoms with Crippen molar-refractivity contribution in [1.29, 1.82) is 0 Å². The van der Waals surface area contributed by atoms with Gasteiger partial charge in [-0.15, -0.1) is 0 Å². The van der Waals surface area contributed by atoms with E-state index in [0.29, 0.717) is 11.6 Å². The Morgan fingerprint density at radius 2 is 1.67 bits per heavy atom. The summed E-state index contributed by atoms with van der Waals surface area (Å²) in [5.74, 6) is -3.31. The van der Waals surface area contributed by atoms with Crippen molar-refractivity contribution in [3.05, 3.63) is 71.0 Å². The first-order chi connectivity index (χ1) is 11.5. The van der Waals surface area contributed by atoms with Crippen molar-refractivity contribution >= 4 is 11.8 Å².